The van der Waals surface area contributed by atoms with Crippen molar-refractivity contribution in [2.45, 2.75) is 36.3 Å². The Labute approximate surface area is 98.7 Å². The quantitative estimate of drug-likeness (QED) is 0.788. The second-order valence-corrected chi connectivity index (χ2v) is 5.91. The number of benzene rings is 1. The van der Waals surface area contributed by atoms with Crippen LogP contribution in [0.1, 0.15) is 24.8 Å². The van der Waals surface area contributed by atoms with Gasteiger partial charge in [-0.3, -0.25) is 4.21 Å². The van der Waals surface area contributed by atoms with Gasteiger partial charge in [0.1, 0.15) is 0 Å². The Morgan fingerprint density at radius 3 is 2.81 bits per heavy atom. The van der Waals surface area contributed by atoms with Gasteiger partial charge in [0, 0.05) is 4.90 Å². The van der Waals surface area contributed by atoms with Crippen molar-refractivity contribution < 1.29 is 4.21 Å². The van der Waals surface area contributed by atoms with Crippen molar-refractivity contribution in [1.82, 2.24) is 0 Å². The molecule has 1 aliphatic carbocycles. The minimum atomic E-state index is -1.02. The third-order valence-corrected chi connectivity index (χ3v) is 5.21. The predicted octanol–water partition coefficient (Wildman–Crippen LogP) is 2.79. The maximum Gasteiger partial charge on any atom is 0.0668 e. The zero-order chi connectivity index (χ0) is 11.5. The first-order valence-corrected chi connectivity index (χ1v) is 6.81. The van der Waals surface area contributed by atoms with Crippen LogP contribution in [0.3, 0.4) is 0 Å². The lowest BCUT2D eigenvalue weighted by molar-refractivity contribution is 0.645. The van der Waals surface area contributed by atoms with Crippen molar-refractivity contribution in [3.05, 3.63) is 29.8 Å². The van der Waals surface area contributed by atoms with Crippen molar-refractivity contribution in [3.63, 3.8) is 0 Å². The number of nitrogens with zero attached hydrogens (tertiary/aromatic N) is 1. The van der Waals surface area contributed by atoms with E-state index in [0.717, 1.165) is 29.7 Å². The van der Waals surface area contributed by atoms with Crippen molar-refractivity contribution in [3.8, 4) is 6.07 Å². The van der Waals surface area contributed by atoms with Crippen LogP contribution >= 0.6 is 0 Å². The van der Waals surface area contributed by atoms with E-state index in [1.807, 2.05) is 31.2 Å². The largest absolute Gasteiger partial charge is 0.254 e. The van der Waals surface area contributed by atoms with E-state index in [0.29, 0.717) is 0 Å². The Morgan fingerprint density at radius 1 is 1.38 bits per heavy atom. The lowest BCUT2D eigenvalue weighted by atomic mass is 10.1. The molecule has 0 amide bonds. The Kier molecular flexibility index (Phi) is 3.40. The molecule has 0 aliphatic heterocycles. The van der Waals surface area contributed by atoms with E-state index in [9.17, 15) is 4.21 Å². The molecule has 0 heterocycles. The molecule has 0 spiro atoms. The van der Waals surface area contributed by atoms with Crippen molar-refractivity contribution >= 4 is 10.8 Å². The van der Waals surface area contributed by atoms with Crippen molar-refractivity contribution in [1.29, 1.82) is 5.26 Å². The fourth-order valence-corrected chi connectivity index (χ4v) is 4.08. The number of nitriles is 1. The van der Waals surface area contributed by atoms with Crippen molar-refractivity contribution in [2.75, 3.05) is 0 Å². The number of hydrogen-bond acceptors (Lipinski definition) is 2. The van der Waals surface area contributed by atoms with E-state index in [4.69, 9.17) is 5.26 Å². The van der Waals surface area contributed by atoms with Crippen LogP contribution in [0.15, 0.2) is 29.2 Å². The molecule has 0 bridgehead atoms. The summed E-state index contributed by atoms with van der Waals surface area (Å²) in [6, 6.07) is 10.0. The minimum absolute atomic E-state index is 0.0274. The van der Waals surface area contributed by atoms with Gasteiger partial charge >= 0.3 is 0 Å². The Morgan fingerprint density at radius 2 is 2.12 bits per heavy atom. The first-order valence-electron chi connectivity index (χ1n) is 5.60. The zero-order valence-electron chi connectivity index (χ0n) is 9.35. The average molecular weight is 233 g/mol. The molecule has 0 saturated heterocycles. The standard InChI is InChI=1S/C13H15NOS/c1-10-5-2-3-7-12(10)16(15)13-8-4-6-11(13)9-14/h2-3,5,7,11,13H,4,6,8H2,1H3. The lowest BCUT2D eigenvalue weighted by Crippen LogP contribution is -2.19. The lowest BCUT2D eigenvalue weighted by Gasteiger charge is -2.14. The van der Waals surface area contributed by atoms with Crippen LogP contribution in [0.5, 0.6) is 0 Å². The van der Waals surface area contributed by atoms with Gasteiger partial charge in [0.15, 0.2) is 0 Å². The third-order valence-electron chi connectivity index (χ3n) is 3.20. The highest BCUT2D eigenvalue weighted by atomic mass is 32.2. The van der Waals surface area contributed by atoms with E-state index in [2.05, 4.69) is 6.07 Å². The fraction of sp³-hybridized carbons (Fsp3) is 0.462. The summed E-state index contributed by atoms with van der Waals surface area (Å²) in [7, 11) is -1.02. The molecule has 16 heavy (non-hydrogen) atoms. The molecule has 1 fully saturated rings. The van der Waals surface area contributed by atoms with E-state index >= 15 is 0 Å². The molecule has 0 radical (unpaired) electrons. The first-order chi connectivity index (χ1) is 7.74. The Balaban J connectivity index is 2.26. The van der Waals surface area contributed by atoms with E-state index in [1.165, 1.54) is 0 Å². The Hall–Kier alpha value is -1.14. The minimum Gasteiger partial charge on any atom is -0.254 e. The molecular weight excluding hydrogens is 218 g/mol. The summed E-state index contributed by atoms with van der Waals surface area (Å²) >= 11 is 0. The van der Waals surface area contributed by atoms with Crippen LogP contribution in [0.2, 0.25) is 0 Å². The van der Waals surface area contributed by atoms with Gasteiger partial charge in [-0.25, -0.2) is 0 Å². The van der Waals surface area contributed by atoms with Gasteiger partial charge in [-0.15, -0.1) is 0 Å². The van der Waals surface area contributed by atoms with Crippen LogP contribution in [0.25, 0.3) is 0 Å². The van der Waals surface area contributed by atoms with Crippen molar-refractivity contribution in [2.24, 2.45) is 5.92 Å². The number of hydrogen-bond donors (Lipinski definition) is 0. The molecule has 1 aliphatic rings. The molecule has 0 N–H and O–H groups in total. The molecule has 3 heteroatoms. The molecule has 1 saturated carbocycles. The van der Waals surface area contributed by atoms with E-state index < -0.39 is 10.8 Å². The summed E-state index contributed by atoms with van der Waals surface area (Å²) in [5.41, 5.74) is 1.06. The maximum atomic E-state index is 12.4. The average Bonchev–Trinajstić information content (AvgIpc) is 2.77. The molecular formula is C13H15NOS. The summed E-state index contributed by atoms with van der Waals surface area (Å²) in [4.78, 5) is 0.898. The highest BCUT2D eigenvalue weighted by Gasteiger charge is 2.32. The molecule has 1 aromatic rings. The van der Waals surface area contributed by atoms with Gasteiger partial charge in [0.2, 0.25) is 0 Å². The van der Waals surface area contributed by atoms with Gasteiger partial charge in [-0.1, -0.05) is 24.6 Å². The topological polar surface area (TPSA) is 40.9 Å². The van der Waals surface area contributed by atoms with E-state index in [1.54, 1.807) is 0 Å². The van der Waals surface area contributed by atoms with Crippen LogP contribution in [0, 0.1) is 24.2 Å². The second-order valence-electron chi connectivity index (χ2n) is 4.27. The van der Waals surface area contributed by atoms with Gasteiger partial charge in [-0.2, -0.15) is 5.26 Å². The van der Waals surface area contributed by atoms with Crippen LogP contribution < -0.4 is 0 Å². The SMILES string of the molecule is Cc1ccccc1S(=O)C1CCCC1C#N. The fourth-order valence-electron chi connectivity index (χ4n) is 2.28. The van der Waals surface area contributed by atoms with Gasteiger partial charge < -0.3 is 0 Å². The number of rotatable bonds is 2. The maximum absolute atomic E-state index is 12.4. The van der Waals surface area contributed by atoms with Crippen LogP contribution in [-0.4, -0.2) is 9.46 Å². The molecule has 2 nitrogen and oxygen atoms in total. The molecule has 84 valence electrons. The highest BCUT2D eigenvalue weighted by Crippen LogP contribution is 2.32. The molecule has 3 atom stereocenters. The monoisotopic (exact) mass is 233 g/mol. The summed E-state index contributed by atoms with van der Waals surface area (Å²) in [6.45, 7) is 1.98. The van der Waals surface area contributed by atoms with E-state index in [-0.39, 0.29) is 11.2 Å². The number of aryl methyl sites for hydroxylation is 1. The summed E-state index contributed by atoms with van der Waals surface area (Å²) in [5, 5.41) is 9.05. The van der Waals surface area contributed by atoms with Crippen LogP contribution in [0.4, 0.5) is 0 Å². The predicted molar refractivity (Wildman–Crippen MR) is 64.3 cm³/mol. The smallest absolute Gasteiger partial charge is 0.0668 e. The molecule has 0 aromatic heterocycles. The summed E-state index contributed by atoms with van der Waals surface area (Å²) < 4.78 is 12.4. The normalized spacial score (nSPS) is 26.2. The third kappa shape index (κ3) is 2.03. The van der Waals surface area contributed by atoms with Gasteiger partial charge in [-0.05, 0) is 31.4 Å². The van der Waals surface area contributed by atoms with Crippen LogP contribution in [-0.2, 0) is 10.8 Å². The molecule has 1 aromatic carbocycles. The molecule has 2 rings (SSSR count). The summed E-state index contributed by atoms with van der Waals surface area (Å²) in [6.07, 6.45) is 2.85. The highest BCUT2D eigenvalue weighted by molar-refractivity contribution is 7.85. The Bertz CT molecular complexity index is 449. The van der Waals surface area contributed by atoms with Gasteiger partial charge in [0.05, 0.1) is 28.0 Å². The van der Waals surface area contributed by atoms with Gasteiger partial charge in [0.25, 0.3) is 0 Å². The second kappa shape index (κ2) is 4.80. The molecule has 3 unspecified atom stereocenters. The summed E-state index contributed by atoms with van der Waals surface area (Å²) in [5.74, 6) is -0.0274. The zero-order valence-corrected chi connectivity index (χ0v) is 10.2. The first kappa shape index (κ1) is 11.3.